The Labute approximate surface area is 167 Å². The quantitative estimate of drug-likeness (QED) is 0.729. The Hall–Kier alpha value is -1.73. The largest absolute Gasteiger partial charge is 0.324 e. The Morgan fingerprint density at radius 3 is 2.63 bits per heavy atom. The predicted molar refractivity (Wildman–Crippen MR) is 106 cm³/mol. The number of carbonyl (C=O) groups excluding carboxylic acids is 1. The van der Waals surface area contributed by atoms with Gasteiger partial charge in [0.25, 0.3) is 0 Å². The van der Waals surface area contributed by atoms with Crippen molar-refractivity contribution in [3.05, 3.63) is 45.7 Å². The van der Waals surface area contributed by atoms with E-state index >= 15 is 0 Å². The van der Waals surface area contributed by atoms with Crippen LogP contribution in [0.15, 0.2) is 28.6 Å². The molecule has 4 nitrogen and oxygen atoms in total. The van der Waals surface area contributed by atoms with E-state index in [-0.39, 0.29) is 30.4 Å². The summed E-state index contributed by atoms with van der Waals surface area (Å²) in [6.45, 7) is 0. The molecule has 1 aromatic carbocycles. The second-order valence-corrected chi connectivity index (χ2v) is 7.53. The summed E-state index contributed by atoms with van der Waals surface area (Å²) >= 11 is 1.52. The average Bonchev–Trinajstić information content (AvgIpc) is 2.80. The van der Waals surface area contributed by atoms with Gasteiger partial charge in [0.05, 0.1) is 18.2 Å². The molecule has 2 aromatic rings. The first-order valence-corrected chi connectivity index (χ1v) is 9.83. The fourth-order valence-corrected chi connectivity index (χ4v) is 4.14. The van der Waals surface area contributed by atoms with Crippen molar-refractivity contribution in [2.45, 2.75) is 51.0 Å². The Balaban J connectivity index is 0.00000261. The Bertz CT molecular complexity index is 842. The summed E-state index contributed by atoms with van der Waals surface area (Å²) in [5, 5.41) is 4.40. The SMILES string of the molecule is Cl.Cn1c(CC(=O)Nc2ccc(F)cc2F)csc1=NC1CCCCCC1. The van der Waals surface area contributed by atoms with Gasteiger partial charge in [-0.3, -0.25) is 9.79 Å². The van der Waals surface area contributed by atoms with Gasteiger partial charge in [-0.15, -0.1) is 23.7 Å². The first kappa shape index (κ1) is 21.6. The molecule has 0 bridgehead atoms. The standard InChI is InChI=1S/C19H23F2N3OS.ClH/c1-24-15(11-18(25)23-17-9-8-13(20)10-16(17)21)12-26-19(24)22-14-6-4-2-3-5-7-14;/h8-10,12,14H,2-7,11H2,1H3,(H,23,25);1H. The number of anilines is 1. The number of hydrogen-bond acceptors (Lipinski definition) is 3. The highest BCUT2D eigenvalue weighted by atomic mass is 35.5. The van der Waals surface area contributed by atoms with E-state index in [1.54, 1.807) is 0 Å². The van der Waals surface area contributed by atoms with Crippen molar-refractivity contribution >= 4 is 35.3 Å². The number of rotatable bonds is 4. The lowest BCUT2D eigenvalue weighted by atomic mass is 10.1. The number of halogens is 3. The van der Waals surface area contributed by atoms with Crippen molar-refractivity contribution in [3.63, 3.8) is 0 Å². The van der Waals surface area contributed by atoms with E-state index < -0.39 is 11.6 Å². The predicted octanol–water partition coefficient (Wildman–Crippen LogP) is 4.59. The maximum absolute atomic E-state index is 13.7. The van der Waals surface area contributed by atoms with Crippen LogP contribution in [0.2, 0.25) is 0 Å². The number of amides is 1. The zero-order valence-electron chi connectivity index (χ0n) is 15.2. The molecule has 1 aliphatic rings. The zero-order chi connectivity index (χ0) is 18.5. The van der Waals surface area contributed by atoms with Crippen molar-refractivity contribution in [3.8, 4) is 0 Å². The zero-order valence-corrected chi connectivity index (χ0v) is 16.8. The average molecular weight is 416 g/mol. The number of nitrogens with zero attached hydrogens (tertiary/aromatic N) is 2. The summed E-state index contributed by atoms with van der Waals surface area (Å²) < 4.78 is 28.5. The molecule has 0 unspecified atom stereocenters. The van der Waals surface area contributed by atoms with Crippen LogP contribution in [0.3, 0.4) is 0 Å². The van der Waals surface area contributed by atoms with Crippen molar-refractivity contribution in [1.29, 1.82) is 0 Å². The van der Waals surface area contributed by atoms with Crippen LogP contribution < -0.4 is 10.1 Å². The number of nitrogens with one attached hydrogen (secondary N) is 1. The van der Waals surface area contributed by atoms with E-state index in [4.69, 9.17) is 4.99 Å². The monoisotopic (exact) mass is 415 g/mol. The third kappa shape index (κ3) is 5.87. The van der Waals surface area contributed by atoms with Gasteiger partial charge in [-0.1, -0.05) is 25.7 Å². The van der Waals surface area contributed by atoms with Crippen LogP contribution in [0.25, 0.3) is 0 Å². The van der Waals surface area contributed by atoms with Gasteiger partial charge >= 0.3 is 0 Å². The molecule has 3 rings (SSSR count). The molecule has 0 aliphatic heterocycles. The minimum atomic E-state index is -0.780. The lowest BCUT2D eigenvalue weighted by Gasteiger charge is -2.08. The Morgan fingerprint density at radius 1 is 1.26 bits per heavy atom. The highest BCUT2D eigenvalue weighted by molar-refractivity contribution is 7.07. The Kier molecular flexibility index (Phi) is 7.98. The molecule has 0 spiro atoms. The summed E-state index contributed by atoms with van der Waals surface area (Å²) in [6.07, 6.45) is 7.38. The van der Waals surface area contributed by atoms with Gasteiger partial charge in [0.15, 0.2) is 4.80 Å². The van der Waals surface area contributed by atoms with Gasteiger partial charge in [-0.05, 0) is 25.0 Å². The van der Waals surface area contributed by atoms with E-state index in [0.717, 1.165) is 35.5 Å². The number of benzene rings is 1. The van der Waals surface area contributed by atoms with Crippen LogP contribution in [0.5, 0.6) is 0 Å². The van der Waals surface area contributed by atoms with Crippen molar-refractivity contribution in [2.24, 2.45) is 12.0 Å². The number of carbonyl (C=O) groups is 1. The van der Waals surface area contributed by atoms with Gasteiger partial charge in [-0.2, -0.15) is 0 Å². The number of hydrogen-bond donors (Lipinski definition) is 1. The molecule has 1 heterocycles. The van der Waals surface area contributed by atoms with Crippen LogP contribution in [0, 0.1) is 11.6 Å². The first-order valence-electron chi connectivity index (χ1n) is 8.95. The minimum absolute atomic E-state index is 0. The summed E-state index contributed by atoms with van der Waals surface area (Å²) in [5.41, 5.74) is 0.806. The number of aromatic nitrogens is 1. The molecule has 8 heteroatoms. The Morgan fingerprint density at radius 2 is 1.96 bits per heavy atom. The van der Waals surface area contributed by atoms with Crippen LogP contribution in [-0.4, -0.2) is 16.5 Å². The summed E-state index contributed by atoms with van der Waals surface area (Å²) in [7, 11) is 1.90. The molecule has 0 atom stereocenters. The van der Waals surface area contributed by atoms with Gasteiger partial charge < -0.3 is 9.88 Å². The third-order valence-electron chi connectivity index (χ3n) is 4.68. The normalized spacial score (nSPS) is 15.9. The second-order valence-electron chi connectivity index (χ2n) is 6.69. The van der Waals surface area contributed by atoms with Gasteiger partial charge in [0, 0.05) is 24.2 Å². The van der Waals surface area contributed by atoms with E-state index in [9.17, 15) is 13.6 Å². The van der Waals surface area contributed by atoms with E-state index in [1.807, 2.05) is 17.0 Å². The molecule has 27 heavy (non-hydrogen) atoms. The highest BCUT2D eigenvalue weighted by Gasteiger charge is 2.14. The number of thiazole rings is 1. The fraction of sp³-hybridized carbons (Fsp3) is 0.474. The highest BCUT2D eigenvalue weighted by Crippen LogP contribution is 2.20. The molecule has 1 fully saturated rings. The molecule has 1 aliphatic carbocycles. The molecule has 1 aromatic heterocycles. The van der Waals surface area contributed by atoms with Crippen LogP contribution in [0.4, 0.5) is 14.5 Å². The van der Waals surface area contributed by atoms with Crippen LogP contribution in [0.1, 0.15) is 44.2 Å². The third-order valence-corrected chi connectivity index (χ3v) is 5.66. The van der Waals surface area contributed by atoms with E-state index in [0.29, 0.717) is 6.04 Å². The lowest BCUT2D eigenvalue weighted by Crippen LogP contribution is -2.21. The molecule has 0 saturated heterocycles. The van der Waals surface area contributed by atoms with Gasteiger partial charge in [-0.25, -0.2) is 8.78 Å². The minimum Gasteiger partial charge on any atom is -0.324 e. The maximum atomic E-state index is 13.7. The van der Waals surface area contributed by atoms with E-state index in [2.05, 4.69) is 5.32 Å². The topological polar surface area (TPSA) is 46.4 Å². The van der Waals surface area contributed by atoms with Crippen molar-refractivity contribution in [2.75, 3.05) is 5.32 Å². The summed E-state index contributed by atoms with van der Waals surface area (Å²) in [6, 6.07) is 3.46. The van der Waals surface area contributed by atoms with Crippen LogP contribution >= 0.6 is 23.7 Å². The van der Waals surface area contributed by atoms with Crippen LogP contribution in [-0.2, 0) is 18.3 Å². The molecule has 1 N–H and O–H groups in total. The molecule has 148 valence electrons. The van der Waals surface area contributed by atoms with Gasteiger partial charge in [0.2, 0.25) is 5.91 Å². The van der Waals surface area contributed by atoms with Crippen molar-refractivity contribution < 1.29 is 13.6 Å². The molecule has 1 amide bonds. The maximum Gasteiger partial charge on any atom is 0.230 e. The van der Waals surface area contributed by atoms with Gasteiger partial charge in [0.1, 0.15) is 11.6 Å². The summed E-state index contributed by atoms with van der Waals surface area (Å²) in [5.74, 6) is -1.79. The smallest absolute Gasteiger partial charge is 0.230 e. The summed E-state index contributed by atoms with van der Waals surface area (Å²) in [4.78, 5) is 18.0. The molecular weight excluding hydrogens is 392 g/mol. The van der Waals surface area contributed by atoms with Crippen molar-refractivity contribution in [1.82, 2.24) is 4.57 Å². The molecule has 0 radical (unpaired) electrons. The molecular formula is C19H24ClF2N3OS. The second kappa shape index (κ2) is 9.99. The first-order chi connectivity index (χ1) is 12.5. The molecule has 1 saturated carbocycles. The lowest BCUT2D eigenvalue weighted by molar-refractivity contribution is -0.115. The van der Waals surface area contributed by atoms with E-state index in [1.165, 1.54) is 43.1 Å². The fourth-order valence-electron chi connectivity index (χ4n) is 3.17.